The maximum atomic E-state index is 11.2. The van der Waals surface area contributed by atoms with Gasteiger partial charge in [0.1, 0.15) is 0 Å². The zero-order valence-electron chi connectivity index (χ0n) is 10.9. The molecule has 17 heavy (non-hydrogen) atoms. The Morgan fingerprint density at radius 1 is 1.24 bits per heavy atom. The van der Waals surface area contributed by atoms with Crippen LogP contribution in [0.5, 0.6) is 0 Å². The fourth-order valence-electron chi connectivity index (χ4n) is 1.66. The molecule has 1 amide bonds. The molecule has 0 aromatic rings. The molecular formula is C12H24N2O3. The fourth-order valence-corrected chi connectivity index (χ4v) is 1.66. The first kappa shape index (κ1) is 15.9. The Bertz CT molecular complexity index is 252. The predicted molar refractivity (Wildman–Crippen MR) is 66.5 cm³/mol. The van der Waals surface area contributed by atoms with Crippen molar-refractivity contribution < 1.29 is 14.7 Å². The lowest BCUT2D eigenvalue weighted by Gasteiger charge is -2.20. The van der Waals surface area contributed by atoms with Gasteiger partial charge in [-0.2, -0.15) is 0 Å². The third-order valence-corrected chi connectivity index (χ3v) is 2.90. The van der Waals surface area contributed by atoms with Gasteiger partial charge in [-0.1, -0.05) is 13.8 Å². The highest BCUT2D eigenvalue weighted by molar-refractivity contribution is 5.80. The molecule has 0 bridgehead atoms. The topological polar surface area (TPSA) is 92.4 Å². The predicted octanol–water partition coefficient (Wildman–Crippen LogP) is 0.977. The van der Waals surface area contributed by atoms with Gasteiger partial charge in [0.25, 0.3) is 0 Å². The molecule has 2 unspecified atom stereocenters. The summed E-state index contributed by atoms with van der Waals surface area (Å²) in [4.78, 5) is 21.7. The first-order valence-corrected chi connectivity index (χ1v) is 6.09. The van der Waals surface area contributed by atoms with Crippen molar-refractivity contribution in [1.82, 2.24) is 5.32 Å². The molecule has 2 atom stereocenters. The number of carboxylic acid groups (broad SMARTS) is 1. The van der Waals surface area contributed by atoms with Crippen molar-refractivity contribution >= 4 is 11.9 Å². The van der Waals surface area contributed by atoms with E-state index in [-0.39, 0.29) is 12.3 Å². The maximum absolute atomic E-state index is 11.2. The summed E-state index contributed by atoms with van der Waals surface area (Å²) in [6.45, 7) is 6.34. The molecule has 0 aromatic carbocycles. The molecule has 5 nitrogen and oxygen atoms in total. The number of carbonyl (C=O) groups excluding carboxylic acids is 1. The van der Waals surface area contributed by atoms with Crippen molar-refractivity contribution in [3.05, 3.63) is 0 Å². The Morgan fingerprint density at radius 2 is 1.82 bits per heavy atom. The van der Waals surface area contributed by atoms with Gasteiger partial charge >= 0.3 is 5.97 Å². The molecule has 0 aliphatic heterocycles. The van der Waals surface area contributed by atoms with Gasteiger partial charge in [-0.15, -0.1) is 0 Å². The molecule has 0 radical (unpaired) electrons. The minimum absolute atomic E-state index is 0.161. The zero-order chi connectivity index (χ0) is 13.4. The molecular weight excluding hydrogens is 220 g/mol. The van der Waals surface area contributed by atoms with E-state index >= 15 is 0 Å². The summed E-state index contributed by atoms with van der Waals surface area (Å²) in [6, 6.07) is -0.494. The third kappa shape index (κ3) is 7.74. The Balaban J connectivity index is 3.93. The molecule has 4 N–H and O–H groups in total. The van der Waals surface area contributed by atoms with Gasteiger partial charge in [0, 0.05) is 13.0 Å². The molecule has 0 saturated carbocycles. The zero-order valence-corrected chi connectivity index (χ0v) is 10.9. The number of rotatable bonds is 8. The summed E-state index contributed by atoms with van der Waals surface area (Å²) in [7, 11) is 0. The first-order chi connectivity index (χ1) is 7.84. The van der Waals surface area contributed by atoms with Gasteiger partial charge in [0.15, 0.2) is 0 Å². The SMILES string of the molecule is CC(N)C(=O)NCCC(CCC(=O)O)C(C)C. The van der Waals surface area contributed by atoms with Gasteiger partial charge in [-0.25, -0.2) is 0 Å². The summed E-state index contributed by atoms with van der Waals surface area (Å²) < 4.78 is 0. The Kier molecular flexibility index (Phi) is 7.54. The van der Waals surface area contributed by atoms with Crippen LogP contribution in [0.25, 0.3) is 0 Å². The van der Waals surface area contributed by atoms with Crippen LogP contribution in [0, 0.1) is 11.8 Å². The summed E-state index contributed by atoms with van der Waals surface area (Å²) in [5.74, 6) is -0.193. The van der Waals surface area contributed by atoms with E-state index in [1.165, 1.54) is 0 Å². The van der Waals surface area contributed by atoms with Gasteiger partial charge < -0.3 is 16.2 Å². The number of nitrogens with two attached hydrogens (primary N) is 1. The van der Waals surface area contributed by atoms with Crippen molar-refractivity contribution in [1.29, 1.82) is 0 Å². The van der Waals surface area contributed by atoms with Crippen LogP contribution in [-0.4, -0.2) is 29.6 Å². The molecule has 0 fully saturated rings. The van der Waals surface area contributed by atoms with Crippen LogP contribution < -0.4 is 11.1 Å². The van der Waals surface area contributed by atoms with Crippen LogP contribution in [0.15, 0.2) is 0 Å². The van der Waals surface area contributed by atoms with Crippen molar-refractivity contribution in [2.24, 2.45) is 17.6 Å². The van der Waals surface area contributed by atoms with Crippen molar-refractivity contribution in [3.8, 4) is 0 Å². The van der Waals surface area contributed by atoms with Crippen LogP contribution in [0.4, 0.5) is 0 Å². The van der Waals surface area contributed by atoms with Gasteiger partial charge in [0.05, 0.1) is 6.04 Å². The molecule has 0 saturated heterocycles. The van der Waals surface area contributed by atoms with Gasteiger partial charge in [0.2, 0.25) is 5.91 Å². The molecule has 0 aliphatic rings. The second-order valence-electron chi connectivity index (χ2n) is 4.80. The summed E-state index contributed by atoms with van der Waals surface area (Å²) >= 11 is 0. The summed E-state index contributed by atoms with van der Waals surface area (Å²) in [5.41, 5.74) is 5.42. The molecule has 0 aliphatic carbocycles. The Morgan fingerprint density at radius 3 is 2.24 bits per heavy atom. The summed E-state index contributed by atoms with van der Waals surface area (Å²) in [6.07, 6.45) is 1.63. The average Bonchev–Trinajstić information content (AvgIpc) is 2.21. The van der Waals surface area contributed by atoms with Gasteiger partial charge in [-0.3, -0.25) is 9.59 Å². The smallest absolute Gasteiger partial charge is 0.303 e. The molecule has 0 rings (SSSR count). The third-order valence-electron chi connectivity index (χ3n) is 2.90. The fraction of sp³-hybridized carbons (Fsp3) is 0.833. The maximum Gasteiger partial charge on any atom is 0.303 e. The highest BCUT2D eigenvalue weighted by atomic mass is 16.4. The van der Waals surface area contributed by atoms with Crippen LogP contribution in [0.1, 0.15) is 40.0 Å². The Labute approximate surface area is 103 Å². The minimum atomic E-state index is -0.768. The van der Waals surface area contributed by atoms with E-state index in [9.17, 15) is 9.59 Å². The number of carboxylic acids is 1. The van der Waals surface area contributed by atoms with E-state index in [1.54, 1.807) is 6.92 Å². The van der Waals surface area contributed by atoms with Crippen LogP contribution in [-0.2, 0) is 9.59 Å². The van der Waals surface area contributed by atoms with E-state index in [4.69, 9.17) is 10.8 Å². The monoisotopic (exact) mass is 244 g/mol. The minimum Gasteiger partial charge on any atom is -0.481 e. The van der Waals surface area contributed by atoms with E-state index in [0.29, 0.717) is 24.8 Å². The summed E-state index contributed by atoms with van der Waals surface area (Å²) in [5, 5.41) is 11.4. The van der Waals surface area contributed by atoms with Gasteiger partial charge in [-0.05, 0) is 31.6 Å². The molecule has 0 spiro atoms. The second-order valence-corrected chi connectivity index (χ2v) is 4.80. The number of nitrogens with one attached hydrogen (secondary N) is 1. The lowest BCUT2D eigenvalue weighted by molar-refractivity contribution is -0.137. The molecule has 5 heteroatoms. The molecule has 0 aromatic heterocycles. The lowest BCUT2D eigenvalue weighted by Crippen LogP contribution is -2.39. The van der Waals surface area contributed by atoms with E-state index in [2.05, 4.69) is 19.2 Å². The second kappa shape index (κ2) is 8.06. The van der Waals surface area contributed by atoms with Crippen molar-refractivity contribution in [3.63, 3.8) is 0 Å². The number of hydrogen-bond acceptors (Lipinski definition) is 3. The number of amides is 1. The van der Waals surface area contributed by atoms with Crippen LogP contribution >= 0.6 is 0 Å². The number of carbonyl (C=O) groups is 2. The quantitative estimate of drug-likeness (QED) is 0.593. The average molecular weight is 244 g/mol. The van der Waals surface area contributed by atoms with Crippen LogP contribution in [0.2, 0.25) is 0 Å². The first-order valence-electron chi connectivity index (χ1n) is 6.09. The van der Waals surface area contributed by atoms with Crippen molar-refractivity contribution in [2.75, 3.05) is 6.54 Å². The lowest BCUT2D eigenvalue weighted by atomic mass is 9.88. The standard InChI is InChI=1S/C12H24N2O3/c1-8(2)10(4-5-11(15)16)6-7-14-12(17)9(3)13/h8-10H,4-7,13H2,1-3H3,(H,14,17)(H,15,16). The van der Waals surface area contributed by atoms with E-state index in [0.717, 1.165) is 6.42 Å². The van der Waals surface area contributed by atoms with Crippen LogP contribution in [0.3, 0.4) is 0 Å². The number of aliphatic carboxylic acids is 1. The normalized spacial score (nSPS) is 14.4. The van der Waals surface area contributed by atoms with Crippen molar-refractivity contribution in [2.45, 2.75) is 46.1 Å². The van der Waals surface area contributed by atoms with E-state index in [1.807, 2.05) is 0 Å². The number of hydrogen-bond donors (Lipinski definition) is 3. The Hall–Kier alpha value is -1.10. The molecule has 100 valence electrons. The largest absolute Gasteiger partial charge is 0.481 e. The highest BCUT2D eigenvalue weighted by Crippen LogP contribution is 2.20. The highest BCUT2D eigenvalue weighted by Gasteiger charge is 2.15. The van der Waals surface area contributed by atoms with E-state index < -0.39 is 12.0 Å². The molecule has 0 heterocycles.